The van der Waals surface area contributed by atoms with E-state index in [0.717, 1.165) is 93.7 Å². The van der Waals surface area contributed by atoms with E-state index in [1.165, 1.54) is 27.1 Å². The first-order chi connectivity index (χ1) is 26.7. The van der Waals surface area contributed by atoms with Crippen molar-refractivity contribution in [2.45, 2.75) is 6.92 Å². The number of hydrogen-bond acceptors (Lipinski definition) is 3. The van der Waals surface area contributed by atoms with Gasteiger partial charge in [-0.25, -0.2) is 9.97 Å². The summed E-state index contributed by atoms with van der Waals surface area (Å²) < 4.78 is 11.7. The third kappa shape index (κ3) is 3.67. The molecule has 5 nitrogen and oxygen atoms in total. The number of hydrogen-bond donors (Lipinski definition) is 0. The molecule has 0 aliphatic carbocycles. The maximum atomic E-state index is 6.94. The molecule has 12 rings (SSSR count). The average Bonchev–Trinajstić information content (AvgIpc) is 3.84. The fourth-order valence-electron chi connectivity index (χ4n) is 9.08. The molecule has 5 heterocycles. The van der Waals surface area contributed by atoms with E-state index in [0.29, 0.717) is 0 Å². The van der Waals surface area contributed by atoms with Crippen LogP contribution in [0.1, 0.15) is 12.6 Å². The molecule has 12 aromatic rings. The van der Waals surface area contributed by atoms with Gasteiger partial charge in [0.2, 0.25) is 0 Å². The van der Waals surface area contributed by atoms with Crippen molar-refractivity contribution in [3.8, 4) is 5.82 Å². The predicted octanol–water partition coefficient (Wildman–Crippen LogP) is 13.1. The lowest BCUT2D eigenvalue weighted by atomic mass is 10.0. The van der Waals surface area contributed by atoms with Gasteiger partial charge in [-0.2, -0.15) is 0 Å². The highest BCUT2D eigenvalue weighted by Crippen LogP contribution is 2.48. The third-order valence-corrected chi connectivity index (χ3v) is 11.3. The summed E-state index contributed by atoms with van der Waals surface area (Å²) in [6.07, 6.45) is 8.02. The summed E-state index contributed by atoms with van der Waals surface area (Å²) in [5.41, 5.74) is 10.5. The Labute approximate surface area is 308 Å². The maximum Gasteiger partial charge on any atom is 0.165 e. The van der Waals surface area contributed by atoms with Crippen LogP contribution in [0.5, 0.6) is 0 Å². The molecular formula is C49H30N4O. The van der Waals surface area contributed by atoms with E-state index in [4.69, 9.17) is 14.4 Å². The third-order valence-electron chi connectivity index (χ3n) is 11.3. The molecule has 0 unspecified atom stereocenters. The lowest BCUT2D eigenvalue weighted by Gasteiger charge is -2.15. The Kier molecular flexibility index (Phi) is 5.79. The second-order valence-electron chi connectivity index (χ2n) is 14.1. The monoisotopic (exact) mass is 690 g/mol. The Balaban J connectivity index is 1.40. The minimum atomic E-state index is 0.751. The van der Waals surface area contributed by atoms with Crippen molar-refractivity contribution >= 4 is 109 Å². The molecule has 0 aliphatic heterocycles. The molecule has 0 saturated carbocycles. The van der Waals surface area contributed by atoms with Gasteiger partial charge in [0.25, 0.3) is 0 Å². The summed E-state index contributed by atoms with van der Waals surface area (Å²) in [4.78, 5) is 11.1. The first-order valence-electron chi connectivity index (χ1n) is 18.3. The van der Waals surface area contributed by atoms with Gasteiger partial charge in [-0.05, 0) is 48.0 Å². The Morgan fingerprint density at radius 1 is 0.630 bits per heavy atom. The highest BCUT2D eigenvalue weighted by atomic mass is 16.3. The zero-order valence-corrected chi connectivity index (χ0v) is 29.3. The molecule has 0 saturated heterocycles. The number of fused-ring (bicyclic) bond motifs is 12. The van der Waals surface area contributed by atoms with Crippen LogP contribution in [-0.2, 0) is 0 Å². The van der Waals surface area contributed by atoms with Gasteiger partial charge in [0, 0.05) is 48.7 Å². The van der Waals surface area contributed by atoms with E-state index in [-0.39, 0.29) is 0 Å². The van der Waals surface area contributed by atoms with Crippen LogP contribution in [0.4, 0.5) is 0 Å². The Morgan fingerprint density at radius 3 is 2.22 bits per heavy atom. The molecule has 0 spiro atoms. The van der Waals surface area contributed by atoms with Gasteiger partial charge < -0.3 is 8.82 Å². The quantitative estimate of drug-likeness (QED) is 0.136. The van der Waals surface area contributed by atoms with E-state index in [1.807, 2.05) is 31.2 Å². The van der Waals surface area contributed by atoms with Crippen LogP contribution in [0.2, 0.25) is 0 Å². The fraction of sp³-hybridized carbons (Fsp3) is 0.0204. The number of nitrogens with zero attached hydrogens (tertiary/aromatic N) is 4. The van der Waals surface area contributed by atoms with E-state index in [1.54, 1.807) is 0 Å². The molecule has 0 amide bonds. The molecule has 0 radical (unpaired) electrons. The van der Waals surface area contributed by atoms with Crippen LogP contribution in [-0.4, -0.2) is 18.9 Å². The topological polar surface area (TPSA) is 48.3 Å². The van der Waals surface area contributed by atoms with Crippen molar-refractivity contribution in [1.29, 1.82) is 0 Å². The number of para-hydroxylation sites is 3. The second kappa shape index (κ2) is 10.7. The van der Waals surface area contributed by atoms with Gasteiger partial charge in [0.05, 0.1) is 38.6 Å². The Morgan fingerprint density at radius 2 is 1.35 bits per heavy atom. The fourth-order valence-corrected chi connectivity index (χ4v) is 9.08. The molecule has 7 aromatic carbocycles. The van der Waals surface area contributed by atoms with Gasteiger partial charge in [-0.15, -0.1) is 0 Å². The van der Waals surface area contributed by atoms with Crippen molar-refractivity contribution < 1.29 is 4.42 Å². The zero-order chi connectivity index (χ0) is 35.7. The van der Waals surface area contributed by atoms with Gasteiger partial charge in [0.1, 0.15) is 11.3 Å². The van der Waals surface area contributed by atoms with Crippen LogP contribution < -0.4 is 0 Å². The van der Waals surface area contributed by atoms with Crippen molar-refractivity contribution in [2.75, 3.05) is 0 Å². The Hall–Kier alpha value is -7.24. The summed E-state index contributed by atoms with van der Waals surface area (Å²) in [6, 6.07) is 45.4. The van der Waals surface area contributed by atoms with Gasteiger partial charge >= 0.3 is 0 Å². The average molecular weight is 691 g/mol. The van der Waals surface area contributed by atoms with Crippen LogP contribution >= 0.6 is 0 Å². The molecule has 0 bridgehead atoms. The Bertz CT molecular complexity index is 3650. The molecule has 5 aromatic heterocycles. The highest BCUT2D eigenvalue weighted by molar-refractivity contribution is 6.35. The minimum Gasteiger partial charge on any atom is -0.454 e. The zero-order valence-electron chi connectivity index (χ0n) is 29.3. The highest BCUT2D eigenvalue weighted by Gasteiger charge is 2.27. The lowest BCUT2D eigenvalue weighted by Crippen LogP contribution is -2.06. The molecule has 5 heteroatoms. The molecule has 0 fully saturated rings. The molecule has 0 atom stereocenters. The number of furan rings is 1. The smallest absolute Gasteiger partial charge is 0.165 e. The number of rotatable bonds is 4. The lowest BCUT2D eigenvalue weighted by molar-refractivity contribution is 0.671. The molecule has 54 heavy (non-hydrogen) atoms. The van der Waals surface area contributed by atoms with Crippen LogP contribution in [0, 0.1) is 0 Å². The predicted molar refractivity (Wildman–Crippen MR) is 226 cm³/mol. The summed E-state index contributed by atoms with van der Waals surface area (Å²) in [5, 5.41) is 11.4. The molecule has 0 N–H and O–H groups in total. The summed E-state index contributed by atoms with van der Waals surface area (Å²) in [5.74, 6) is 0.751. The summed E-state index contributed by atoms with van der Waals surface area (Å²) in [7, 11) is 0. The molecule has 0 aliphatic rings. The second-order valence-corrected chi connectivity index (χ2v) is 14.1. The van der Waals surface area contributed by atoms with E-state index >= 15 is 0 Å². The van der Waals surface area contributed by atoms with Gasteiger partial charge in [-0.1, -0.05) is 128 Å². The van der Waals surface area contributed by atoms with E-state index in [9.17, 15) is 0 Å². The normalized spacial score (nSPS) is 13.0. The van der Waals surface area contributed by atoms with E-state index < -0.39 is 0 Å². The summed E-state index contributed by atoms with van der Waals surface area (Å²) >= 11 is 0. The van der Waals surface area contributed by atoms with Crippen LogP contribution in [0.3, 0.4) is 0 Å². The van der Waals surface area contributed by atoms with Crippen molar-refractivity contribution in [1.82, 2.24) is 18.9 Å². The molecule has 252 valence electrons. The first kappa shape index (κ1) is 29.3. The number of benzene rings is 7. The first-order valence-corrected chi connectivity index (χ1v) is 18.3. The molecular weight excluding hydrogens is 661 g/mol. The van der Waals surface area contributed by atoms with Gasteiger partial charge in [0.15, 0.2) is 11.4 Å². The van der Waals surface area contributed by atoms with Crippen LogP contribution in [0.15, 0.2) is 163 Å². The van der Waals surface area contributed by atoms with E-state index in [2.05, 4.69) is 143 Å². The standard InChI is InChI=1S/C49H30N4O/c1-3-5-14-28(4-2)44-49(51-45-30-16-7-6-15-29(30)25-26-37(45)50-44)52-39-23-13-19-33-35-21-12-20-34-31-17-8-10-22-38(31)53(46(34)35)47-43(42(33)39)40(52)27-36-32-18-9-11-24-41(32)54-48(36)47/h3-27H,2H2,1H3/b5-3-,28-14+. The maximum absolute atomic E-state index is 6.94. The van der Waals surface area contributed by atoms with Crippen molar-refractivity contribution in [2.24, 2.45) is 0 Å². The van der Waals surface area contributed by atoms with Gasteiger partial charge in [-0.3, -0.25) is 4.57 Å². The largest absolute Gasteiger partial charge is 0.454 e. The van der Waals surface area contributed by atoms with Crippen molar-refractivity contribution in [3.05, 3.63) is 164 Å². The number of aromatic nitrogens is 4. The SMILES string of the molecule is C=C/C(=C\C=C/C)c1nc2ccc3ccccc3c2nc1-n1c2cccc3c4cccc5c6ccccc6n(c45)c4c5oc6ccccc6c5cc1c4c32. The number of allylic oxidation sites excluding steroid dienone is 5. The summed E-state index contributed by atoms with van der Waals surface area (Å²) in [6.45, 7) is 6.28. The minimum absolute atomic E-state index is 0.751. The van der Waals surface area contributed by atoms with Crippen LogP contribution in [0.25, 0.3) is 115 Å². The van der Waals surface area contributed by atoms with Crippen molar-refractivity contribution in [3.63, 3.8) is 0 Å².